The molecule has 1 saturated heterocycles. The van der Waals surface area contributed by atoms with E-state index < -0.39 is 11.4 Å². The Labute approximate surface area is 771 Å². The molecule has 18 aliphatic carbocycles. The van der Waals surface area contributed by atoms with Crippen LogP contribution in [-0.4, -0.2) is 59.1 Å². The Morgan fingerprint density at radius 1 is 0.429 bits per heavy atom. The van der Waals surface area contributed by atoms with E-state index in [9.17, 15) is 24.6 Å². The molecule has 0 radical (unpaired) electrons. The number of carboxylic acids is 1. The van der Waals surface area contributed by atoms with Gasteiger partial charge in [0.25, 0.3) is 0 Å². The molecule has 126 heavy (non-hydrogen) atoms. The second-order valence-corrected chi connectivity index (χ2v) is 54.3. The number of carboxylic acid groups (broad SMARTS) is 1. The Balaban J connectivity index is 0.000000148. The average molecular weight is 1740 g/mol. The van der Waals surface area contributed by atoms with Gasteiger partial charge in [-0.3, -0.25) is 19.2 Å². The number of aliphatic hydroxyl groups excluding tert-OH is 1. The van der Waals surface area contributed by atoms with Gasteiger partial charge in [0.1, 0.15) is 17.7 Å². The van der Waals surface area contributed by atoms with Crippen LogP contribution >= 0.6 is 0 Å². The SMILES string of the molecule is C1CCOC1.C=C(C)C1CC[C@]2(C(=O)O)CC[C@]3(C)[C@H](CC[C@@H]4[C@@]5(C)CCC(=O)C(C)(C)C5CC[C@]43C)C12.C=C(C)C1CC[C@]2(C(=O)O[C@@H]3CC[C@@]4(C)C(=CC[C@H]5[C@@H]6CC[C@H]([C@H](C)CCCC(C)C)[C@@]6(C)CC[C@@H]54)C3)CC[C@]3(C)[C@H](CC[C@@H]4[C@@]5(C)CCC(=O)C(C)(C)C5CC[C@]43C)C12.CC(C)CCC[C@@H](C)[C@H]1CC[C@H]2[C@@H]3CC=C4C[C@@H](O)CC[C@]4(C)[C@H]3CC[C@]12C. The molecule has 8 nitrogen and oxygen atoms in total. The molecule has 19 rings (SSSR count). The molecule has 34 atom stereocenters. The van der Waals surface area contributed by atoms with E-state index in [-0.39, 0.29) is 78.2 Å². The number of allylic oxidation sites excluding steroid dienone is 4. The topological polar surface area (TPSA) is 127 Å². The highest BCUT2D eigenvalue weighted by Gasteiger charge is 2.76. The first kappa shape index (κ1) is 96.3. The third kappa shape index (κ3) is 15.1. The molecule has 1 aliphatic heterocycles. The summed E-state index contributed by atoms with van der Waals surface area (Å²) in [6.07, 6.45) is 57.8. The van der Waals surface area contributed by atoms with Gasteiger partial charge in [0.05, 0.1) is 16.9 Å². The van der Waals surface area contributed by atoms with Crippen LogP contribution in [-0.2, 0) is 28.7 Å². The van der Waals surface area contributed by atoms with Gasteiger partial charge in [-0.05, 0) is 423 Å². The van der Waals surface area contributed by atoms with Crippen molar-refractivity contribution in [3.63, 3.8) is 0 Å². The lowest BCUT2D eigenvalue weighted by Gasteiger charge is -2.72. The Morgan fingerprint density at radius 2 is 0.849 bits per heavy atom. The summed E-state index contributed by atoms with van der Waals surface area (Å²) >= 11 is 0. The molecule has 16 saturated carbocycles. The number of hydrogen-bond donors (Lipinski definition) is 2. The summed E-state index contributed by atoms with van der Waals surface area (Å²) in [6.45, 7) is 65.2. The largest absolute Gasteiger partial charge is 0.481 e. The van der Waals surface area contributed by atoms with Crippen molar-refractivity contribution >= 4 is 23.5 Å². The van der Waals surface area contributed by atoms with E-state index in [0.717, 1.165) is 200 Å². The maximum Gasteiger partial charge on any atom is 0.312 e. The third-order valence-electron chi connectivity index (χ3n) is 48.1. The van der Waals surface area contributed by atoms with Crippen LogP contribution in [0.15, 0.2) is 47.6 Å². The summed E-state index contributed by atoms with van der Waals surface area (Å²) in [5, 5.41) is 20.7. The highest BCUT2D eigenvalue weighted by Crippen LogP contribution is 2.81. The number of hydrogen-bond acceptors (Lipinski definition) is 7. The molecule has 6 unspecified atom stereocenters. The van der Waals surface area contributed by atoms with Gasteiger partial charge in [-0.1, -0.05) is 225 Å². The van der Waals surface area contributed by atoms with E-state index in [1.807, 2.05) is 0 Å². The number of ether oxygens (including phenoxy) is 2. The molecule has 17 fully saturated rings. The van der Waals surface area contributed by atoms with Crippen LogP contribution in [0.1, 0.15) is 435 Å². The first-order chi connectivity index (χ1) is 59.2. The number of fused-ring (bicyclic) bond motifs is 24. The van der Waals surface area contributed by atoms with E-state index in [0.29, 0.717) is 81.1 Å². The van der Waals surface area contributed by atoms with Crippen LogP contribution in [0.5, 0.6) is 0 Å². The first-order valence-electron chi connectivity index (χ1n) is 54.6. The Hall–Kier alpha value is -2.84. The number of aliphatic hydroxyl groups is 1. The number of carbonyl (C=O) groups excluding carboxylic acids is 3. The summed E-state index contributed by atoms with van der Waals surface area (Å²) in [4.78, 5) is 54.2. The zero-order valence-corrected chi connectivity index (χ0v) is 85.3. The maximum atomic E-state index is 15.2. The van der Waals surface area contributed by atoms with Crippen molar-refractivity contribution in [1.29, 1.82) is 0 Å². The monoisotopic (exact) mass is 1740 g/mol. The van der Waals surface area contributed by atoms with E-state index >= 15 is 4.79 Å². The smallest absolute Gasteiger partial charge is 0.312 e. The lowest BCUT2D eigenvalue weighted by molar-refractivity contribution is -0.237. The van der Waals surface area contributed by atoms with Crippen LogP contribution in [0.25, 0.3) is 0 Å². The van der Waals surface area contributed by atoms with Crippen LogP contribution in [0.4, 0.5) is 0 Å². The van der Waals surface area contributed by atoms with E-state index in [1.54, 1.807) is 11.1 Å². The quantitative estimate of drug-likeness (QED) is 0.123. The summed E-state index contributed by atoms with van der Waals surface area (Å²) < 4.78 is 11.9. The number of esters is 1. The first-order valence-corrected chi connectivity index (χ1v) is 54.6. The predicted molar refractivity (Wildman–Crippen MR) is 518 cm³/mol. The fourth-order valence-electron chi connectivity index (χ4n) is 40.8. The van der Waals surface area contributed by atoms with Gasteiger partial charge in [0.2, 0.25) is 0 Å². The summed E-state index contributed by atoms with van der Waals surface area (Å²) in [5.41, 5.74) is 7.37. The molecule has 2 N–H and O–H groups in total. The average Bonchev–Trinajstić information content (AvgIpc) is 0.948. The second kappa shape index (κ2) is 34.8. The molecule has 0 bridgehead atoms. The Bertz CT molecular complexity index is 4080. The molecule has 0 aromatic rings. The van der Waals surface area contributed by atoms with Crippen LogP contribution < -0.4 is 0 Å². The van der Waals surface area contributed by atoms with Crippen molar-refractivity contribution in [1.82, 2.24) is 0 Å². The van der Waals surface area contributed by atoms with Crippen molar-refractivity contribution in [2.45, 2.75) is 447 Å². The third-order valence-corrected chi connectivity index (χ3v) is 48.1. The van der Waals surface area contributed by atoms with Crippen LogP contribution in [0, 0.1) is 206 Å². The predicted octanol–water partition coefficient (Wildman–Crippen LogP) is 30.6. The molecule has 0 aromatic heterocycles. The van der Waals surface area contributed by atoms with Gasteiger partial charge in [0.15, 0.2) is 0 Å². The molecule has 1 heterocycles. The van der Waals surface area contributed by atoms with E-state index in [4.69, 9.17) is 9.47 Å². The number of ketones is 2. The number of aliphatic carboxylic acids is 1. The molecule has 710 valence electrons. The van der Waals surface area contributed by atoms with Gasteiger partial charge in [-0.25, -0.2) is 0 Å². The normalized spacial score (nSPS) is 49.3. The molecule has 0 spiro atoms. The summed E-state index contributed by atoms with van der Waals surface area (Å²) in [7, 11) is 0. The lowest BCUT2D eigenvalue weighted by Crippen LogP contribution is -2.66. The summed E-state index contributed by atoms with van der Waals surface area (Å²) in [6, 6.07) is 0. The number of rotatable bonds is 15. The Morgan fingerprint density at radius 3 is 1.28 bits per heavy atom. The van der Waals surface area contributed by atoms with Crippen molar-refractivity contribution in [2.75, 3.05) is 13.2 Å². The minimum atomic E-state index is -0.547. The molecule has 0 aromatic carbocycles. The van der Waals surface area contributed by atoms with Crippen LogP contribution in [0.3, 0.4) is 0 Å². The van der Waals surface area contributed by atoms with Gasteiger partial charge in [0, 0.05) is 43.3 Å². The standard InChI is InChI=1S/C57H90O3.C30H46O3.C27H46O.C4H8O/c1-35(2)14-13-15-37(5)42-18-19-43-41-17-16-38-34-39(22-27-52(38,8)44(41)24-28-53(42,43)9)60-50(59)57-31-23-40(36(3)4)49(57)45-20-21-47-54(10)29-26-48(58)51(6,7)46(54)25-30-56(47,12)55(45,11)32-33-57;1-18(2)19-10-15-30(25(32)33)17-16-28(6)20(24(19)30)8-9-22-27(5)13-12-23(31)26(3,4)21(27)11-14-29(22,28)7;1-18(2)7-6-8-19(3)23-11-12-24-22-10-9-20-17-21(28)13-15-26(20,4)25(22)14-16-27(23,24)5;1-2-4-5-3-1/h16,35,37,39-47,49H,3,13-15,17-34H2,1-2,4-12H3;19-22,24H,1,8-17H2,2-7H3,(H,32,33);9,18-19,21-25,28H,6-8,10-17H2,1-5H3;1-4H2/t37-,39-,40?,41+,42-,43+,44+,45-,46?,47-,49?,52+,53-,54+,55-,56-,57+;19?,20-,21?,22-,24?,27+,28-,29-,30+;19-,21+,22+,23-,24+,25+,26+,27-;/m111./s1. The van der Waals surface area contributed by atoms with Crippen molar-refractivity contribution < 1.29 is 38.9 Å². The minimum Gasteiger partial charge on any atom is -0.481 e. The highest BCUT2D eigenvalue weighted by molar-refractivity contribution is 5.86. The minimum absolute atomic E-state index is 0.0258. The zero-order chi connectivity index (χ0) is 90.8. The fourth-order valence-corrected chi connectivity index (χ4v) is 40.8. The molecule has 8 heteroatoms. The molecular weight excluding hydrogens is 1550 g/mol. The maximum absolute atomic E-state index is 15.2. The van der Waals surface area contributed by atoms with Crippen molar-refractivity contribution in [3.05, 3.63) is 47.6 Å². The van der Waals surface area contributed by atoms with E-state index in [1.165, 1.54) is 178 Å². The lowest BCUT2D eigenvalue weighted by atomic mass is 9.32. The fraction of sp³-hybridized carbons (Fsp3) is 0.898. The van der Waals surface area contributed by atoms with Gasteiger partial charge in [-0.2, -0.15) is 0 Å². The zero-order valence-electron chi connectivity index (χ0n) is 85.3. The Kier molecular flexibility index (Phi) is 26.6. The van der Waals surface area contributed by atoms with Gasteiger partial charge < -0.3 is 19.7 Å². The second-order valence-electron chi connectivity index (χ2n) is 54.3. The van der Waals surface area contributed by atoms with Crippen molar-refractivity contribution in [3.8, 4) is 0 Å². The number of Topliss-reactive ketones (excluding diaryl/α,β-unsaturated/α-hetero) is 2. The molecule has 0 amide bonds. The molecule has 19 aliphatic rings. The van der Waals surface area contributed by atoms with E-state index in [2.05, 4.69) is 178 Å². The highest BCUT2D eigenvalue weighted by atomic mass is 16.5. The summed E-state index contributed by atoms with van der Waals surface area (Å²) in [5.74, 6) is 15.6. The van der Waals surface area contributed by atoms with Gasteiger partial charge >= 0.3 is 11.9 Å². The number of carbonyl (C=O) groups is 4. The van der Waals surface area contributed by atoms with Gasteiger partial charge in [-0.15, -0.1) is 0 Å². The van der Waals surface area contributed by atoms with Crippen LogP contribution in [0.2, 0.25) is 0 Å². The van der Waals surface area contributed by atoms with Crippen molar-refractivity contribution in [2.24, 2.45) is 206 Å². The molecular formula is C118H190O8.